The van der Waals surface area contributed by atoms with Gasteiger partial charge in [-0.2, -0.15) is 0 Å². The molecule has 20 heavy (non-hydrogen) atoms. The largest absolute Gasteiger partial charge is 0.394 e. The van der Waals surface area contributed by atoms with Crippen LogP contribution in [0.3, 0.4) is 0 Å². The number of likely N-dealkylation sites (N-methyl/N-ethyl adjacent to an activating group) is 1. The number of aliphatic hydroxyl groups excluding tert-OH is 2. The minimum absolute atomic E-state index is 0.125. The second-order valence-electron chi connectivity index (χ2n) is 5.04. The molecule has 1 aromatic rings. The molecule has 0 saturated carbocycles. The quantitative estimate of drug-likeness (QED) is 0.650. The number of urea groups is 1. The molecular weight excluding hydrogens is 256 g/mol. The van der Waals surface area contributed by atoms with Gasteiger partial charge in [0.05, 0.1) is 19.3 Å². The second kappa shape index (κ2) is 8.55. The van der Waals surface area contributed by atoms with E-state index >= 15 is 0 Å². The Morgan fingerprint density at radius 1 is 1.45 bits per heavy atom. The van der Waals surface area contributed by atoms with Crippen molar-refractivity contribution in [3.8, 4) is 0 Å². The van der Waals surface area contributed by atoms with Crippen LogP contribution in [0.1, 0.15) is 17.5 Å². The fourth-order valence-electron chi connectivity index (χ4n) is 1.95. The third-order valence-corrected chi connectivity index (χ3v) is 3.04. The summed E-state index contributed by atoms with van der Waals surface area (Å²) in [4.78, 5) is 13.1. The van der Waals surface area contributed by atoms with Crippen LogP contribution < -0.4 is 5.32 Å². The molecule has 1 unspecified atom stereocenters. The molecule has 0 aromatic heterocycles. The van der Waals surface area contributed by atoms with Gasteiger partial charge in [-0.1, -0.05) is 29.8 Å². The summed E-state index contributed by atoms with van der Waals surface area (Å²) >= 11 is 0. The van der Waals surface area contributed by atoms with Crippen molar-refractivity contribution in [1.29, 1.82) is 0 Å². The maximum absolute atomic E-state index is 11.7. The standard InChI is InChI=1S/C15H24N2O3/c1-12-5-3-6-13(9-12)7-4-8-16-15(20)17(2)10-14(19)11-18/h3,5-6,9,14,18-19H,4,7-8,10-11H2,1-2H3,(H,16,20). The van der Waals surface area contributed by atoms with Crippen LogP contribution in [0.15, 0.2) is 24.3 Å². The van der Waals surface area contributed by atoms with Crippen LogP contribution in [0.25, 0.3) is 0 Å². The Kier molecular flexibility index (Phi) is 7.04. The lowest BCUT2D eigenvalue weighted by molar-refractivity contribution is 0.0733. The number of hydrogen-bond acceptors (Lipinski definition) is 3. The van der Waals surface area contributed by atoms with Gasteiger partial charge in [0.2, 0.25) is 0 Å². The Balaban J connectivity index is 2.22. The Morgan fingerprint density at radius 2 is 2.20 bits per heavy atom. The Morgan fingerprint density at radius 3 is 2.85 bits per heavy atom. The molecule has 2 amide bonds. The average molecular weight is 280 g/mol. The topological polar surface area (TPSA) is 72.8 Å². The van der Waals surface area contributed by atoms with Gasteiger partial charge >= 0.3 is 6.03 Å². The van der Waals surface area contributed by atoms with E-state index in [9.17, 15) is 9.90 Å². The third-order valence-electron chi connectivity index (χ3n) is 3.04. The summed E-state index contributed by atoms with van der Waals surface area (Å²) in [6.07, 6.45) is 0.898. The van der Waals surface area contributed by atoms with Crippen molar-refractivity contribution in [2.24, 2.45) is 0 Å². The van der Waals surface area contributed by atoms with E-state index in [0.717, 1.165) is 12.8 Å². The zero-order valence-corrected chi connectivity index (χ0v) is 12.2. The van der Waals surface area contributed by atoms with E-state index in [4.69, 9.17) is 5.11 Å². The first kappa shape index (κ1) is 16.5. The highest BCUT2D eigenvalue weighted by molar-refractivity contribution is 5.73. The monoisotopic (exact) mass is 280 g/mol. The maximum atomic E-state index is 11.7. The van der Waals surface area contributed by atoms with E-state index in [1.165, 1.54) is 16.0 Å². The fraction of sp³-hybridized carbons (Fsp3) is 0.533. The summed E-state index contributed by atoms with van der Waals surface area (Å²) in [5, 5.41) is 20.8. The lowest BCUT2D eigenvalue weighted by Gasteiger charge is -2.20. The van der Waals surface area contributed by atoms with Crippen LogP contribution in [0, 0.1) is 6.92 Å². The molecule has 0 heterocycles. The van der Waals surface area contributed by atoms with Gasteiger partial charge in [-0.15, -0.1) is 0 Å². The number of nitrogens with zero attached hydrogens (tertiary/aromatic N) is 1. The van der Waals surface area contributed by atoms with Crippen molar-refractivity contribution >= 4 is 6.03 Å². The number of aliphatic hydroxyl groups is 2. The van der Waals surface area contributed by atoms with Crippen molar-refractivity contribution in [2.75, 3.05) is 26.7 Å². The van der Waals surface area contributed by atoms with Crippen LogP contribution in [-0.4, -0.2) is 54.0 Å². The van der Waals surface area contributed by atoms with Crippen molar-refractivity contribution in [2.45, 2.75) is 25.9 Å². The molecule has 1 aromatic carbocycles. The highest BCUT2D eigenvalue weighted by Crippen LogP contribution is 2.06. The van der Waals surface area contributed by atoms with Crippen LogP contribution in [0.5, 0.6) is 0 Å². The lowest BCUT2D eigenvalue weighted by atomic mass is 10.1. The van der Waals surface area contributed by atoms with Crippen LogP contribution >= 0.6 is 0 Å². The molecule has 0 saturated heterocycles. The molecule has 0 bridgehead atoms. The summed E-state index contributed by atoms with van der Waals surface area (Å²) in [7, 11) is 1.59. The first-order chi connectivity index (χ1) is 9.52. The first-order valence-electron chi connectivity index (χ1n) is 6.86. The Labute approximate surface area is 120 Å². The van der Waals surface area contributed by atoms with Gasteiger partial charge < -0.3 is 20.4 Å². The number of benzene rings is 1. The van der Waals surface area contributed by atoms with Crippen molar-refractivity contribution in [1.82, 2.24) is 10.2 Å². The van der Waals surface area contributed by atoms with E-state index in [2.05, 4.69) is 30.4 Å². The van der Waals surface area contributed by atoms with Gasteiger partial charge in [-0.05, 0) is 25.3 Å². The number of amides is 2. The fourth-order valence-corrected chi connectivity index (χ4v) is 1.95. The molecule has 5 nitrogen and oxygen atoms in total. The summed E-state index contributed by atoms with van der Waals surface area (Å²) in [6, 6.07) is 8.09. The molecule has 0 aliphatic heterocycles. The molecule has 0 fully saturated rings. The molecule has 112 valence electrons. The van der Waals surface area contributed by atoms with Gasteiger partial charge in [-0.3, -0.25) is 0 Å². The van der Waals surface area contributed by atoms with Gasteiger partial charge in [-0.25, -0.2) is 4.79 Å². The summed E-state index contributed by atoms with van der Waals surface area (Å²) in [5.74, 6) is 0. The van der Waals surface area contributed by atoms with E-state index in [1.54, 1.807) is 7.05 Å². The second-order valence-corrected chi connectivity index (χ2v) is 5.04. The van der Waals surface area contributed by atoms with E-state index < -0.39 is 6.10 Å². The molecule has 1 rings (SSSR count). The summed E-state index contributed by atoms with van der Waals surface area (Å²) in [5.41, 5.74) is 2.51. The molecule has 0 aliphatic carbocycles. The van der Waals surface area contributed by atoms with E-state index in [0.29, 0.717) is 6.54 Å². The van der Waals surface area contributed by atoms with Gasteiger partial charge in [0, 0.05) is 13.6 Å². The van der Waals surface area contributed by atoms with E-state index in [1.807, 2.05) is 6.07 Å². The SMILES string of the molecule is Cc1cccc(CCCNC(=O)N(C)CC(O)CO)c1. The number of carbonyl (C=O) groups is 1. The maximum Gasteiger partial charge on any atom is 0.317 e. The highest BCUT2D eigenvalue weighted by atomic mass is 16.3. The predicted octanol–water partition coefficient (Wildman–Crippen LogP) is 0.922. The summed E-state index contributed by atoms with van der Waals surface area (Å²) in [6.45, 7) is 2.43. The van der Waals surface area contributed by atoms with E-state index in [-0.39, 0.29) is 19.2 Å². The molecular formula is C15H24N2O3. The normalized spacial score (nSPS) is 12.0. The zero-order chi connectivity index (χ0) is 15.0. The van der Waals surface area contributed by atoms with Crippen molar-refractivity contribution < 1.29 is 15.0 Å². The molecule has 1 atom stereocenters. The molecule has 5 heteroatoms. The van der Waals surface area contributed by atoms with Crippen LogP contribution in [-0.2, 0) is 6.42 Å². The highest BCUT2D eigenvalue weighted by Gasteiger charge is 2.11. The van der Waals surface area contributed by atoms with Crippen LogP contribution in [0.2, 0.25) is 0 Å². The van der Waals surface area contributed by atoms with Crippen LogP contribution in [0.4, 0.5) is 4.79 Å². The minimum atomic E-state index is -0.891. The minimum Gasteiger partial charge on any atom is -0.394 e. The van der Waals surface area contributed by atoms with Crippen molar-refractivity contribution in [3.63, 3.8) is 0 Å². The van der Waals surface area contributed by atoms with Gasteiger partial charge in [0.1, 0.15) is 0 Å². The Bertz CT molecular complexity index is 423. The number of hydrogen-bond donors (Lipinski definition) is 3. The Hall–Kier alpha value is -1.59. The number of nitrogens with one attached hydrogen (secondary N) is 1. The number of rotatable bonds is 7. The van der Waals surface area contributed by atoms with Crippen molar-refractivity contribution in [3.05, 3.63) is 35.4 Å². The molecule has 3 N–H and O–H groups in total. The summed E-state index contributed by atoms with van der Waals surface area (Å²) < 4.78 is 0. The van der Waals surface area contributed by atoms with Gasteiger partial charge in [0.25, 0.3) is 0 Å². The number of carbonyl (C=O) groups excluding carboxylic acids is 1. The number of aryl methyl sites for hydroxylation is 2. The molecule has 0 radical (unpaired) electrons. The molecule has 0 spiro atoms. The van der Waals surface area contributed by atoms with Gasteiger partial charge in [0.15, 0.2) is 0 Å². The first-order valence-corrected chi connectivity index (χ1v) is 6.86. The lowest BCUT2D eigenvalue weighted by Crippen LogP contribution is -2.42. The third kappa shape index (κ3) is 6.04. The smallest absolute Gasteiger partial charge is 0.317 e. The average Bonchev–Trinajstić information content (AvgIpc) is 2.43. The predicted molar refractivity (Wildman–Crippen MR) is 78.6 cm³/mol. The molecule has 0 aliphatic rings. The zero-order valence-electron chi connectivity index (χ0n) is 12.2.